The van der Waals surface area contributed by atoms with Gasteiger partial charge in [0.15, 0.2) is 4.64 Å². The highest BCUT2D eigenvalue weighted by Gasteiger charge is 2.07. The summed E-state index contributed by atoms with van der Waals surface area (Å²) in [6.45, 7) is 1.95. The third-order valence-corrected chi connectivity index (χ3v) is 3.29. The van der Waals surface area contributed by atoms with E-state index < -0.39 is 0 Å². The number of rotatable bonds is 3. The van der Waals surface area contributed by atoms with E-state index in [1.807, 2.05) is 54.1 Å². The fourth-order valence-corrected chi connectivity index (χ4v) is 2.30. The highest BCUT2D eigenvalue weighted by Crippen LogP contribution is 2.22. The summed E-state index contributed by atoms with van der Waals surface area (Å²) >= 11 is 5.48. The first-order chi connectivity index (χ1) is 9.75. The molecule has 0 saturated heterocycles. The van der Waals surface area contributed by atoms with Crippen molar-refractivity contribution in [3.63, 3.8) is 0 Å². The molecular weight excluding hydrogens is 270 g/mol. The Labute approximate surface area is 121 Å². The molecule has 100 valence electrons. The minimum absolute atomic E-state index is 0.650. The Hall–Kier alpha value is -2.40. The maximum Gasteiger partial charge on any atom is 0.153 e. The van der Waals surface area contributed by atoms with Crippen LogP contribution in [0.1, 0.15) is 11.5 Å². The summed E-state index contributed by atoms with van der Waals surface area (Å²) in [5, 5.41) is 3.23. The molecule has 1 N–H and O–H groups in total. The van der Waals surface area contributed by atoms with Gasteiger partial charge in [-0.1, -0.05) is 30.4 Å². The van der Waals surface area contributed by atoms with E-state index in [0.29, 0.717) is 10.4 Å². The van der Waals surface area contributed by atoms with E-state index in [0.717, 1.165) is 17.1 Å². The van der Waals surface area contributed by atoms with Gasteiger partial charge in [0.1, 0.15) is 11.4 Å². The lowest BCUT2D eigenvalue weighted by Crippen LogP contribution is -1.95. The molecule has 0 saturated carbocycles. The van der Waals surface area contributed by atoms with Crippen molar-refractivity contribution in [3.8, 4) is 5.69 Å². The second-order valence-corrected chi connectivity index (χ2v) is 4.72. The summed E-state index contributed by atoms with van der Waals surface area (Å²) in [6.07, 6.45) is 3.28. The Morgan fingerprint density at radius 1 is 1.20 bits per heavy atom. The smallest absolute Gasteiger partial charge is 0.153 e. The van der Waals surface area contributed by atoms with Crippen molar-refractivity contribution < 1.29 is 4.42 Å². The van der Waals surface area contributed by atoms with Gasteiger partial charge in [-0.3, -0.25) is 5.10 Å². The predicted molar refractivity (Wildman–Crippen MR) is 81.7 cm³/mol. The number of hydrogen-bond donors (Lipinski definition) is 1. The minimum Gasteiger partial charge on any atom is -0.463 e. The van der Waals surface area contributed by atoms with E-state index in [-0.39, 0.29) is 0 Å². The van der Waals surface area contributed by atoms with Crippen LogP contribution >= 0.6 is 12.2 Å². The van der Waals surface area contributed by atoms with Crippen molar-refractivity contribution in [3.05, 3.63) is 64.8 Å². The van der Waals surface area contributed by atoms with Gasteiger partial charge in [-0.25, -0.2) is 9.67 Å². The predicted octanol–water partition coefficient (Wildman–Crippen LogP) is 4.19. The molecule has 4 nitrogen and oxygen atoms in total. The first kappa shape index (κ1) is 12.6. The molecule has 0 atom stereocenters. The standard InChI is InChI=1S/C15H13N3OS/c1-11-14(16-10-13-8-5-9-19-13)15(20)18(17-11)12-6-3-2-4-7-12/h2-10,17H,1H3. The first-order valence-electron chi connectivity index (χ1n) is 6.20. The summed E-state index contributed by atoms with van der Waals surface area (Å²) in [4.78, 5) is 4.42. The van der Waals surface area contributed by atoms with Crippen molar-refractivity contribution in [1.82, 2.24) is 9.78 Å². The molecule has 0 fully saturated rings. The van der Waals surface area contributed by atoms with Crippen molar-refractivity contribution in [2.75, 3.05) is 0 Å². The van der Waals surface area contributed by atoms with Gasteiger partial charge < -0.3 is 4.42 Å². The number of hydrogen-bond acceptors (Lipinski definition) is 3. The van der Waals surface area contributed by atoms with E-state index in [1.165, 1.54) is 0 Å². The van der Waals surface area contributed by atoms with E-state index in [9.17, 15) is 0 Å². The van der Waals surface area contributed by atoms with E-state index >= 15 is 0 Å². The van der Waals surface area contributed by atoms with Gasteiger partial charge in [0.2, 0.25) is 0 Å². The molecule has 0 aliphatic heterocycles. The Balaban J connectivity index is 2.02. The molecule has 20 heavy (non-hydrogen) atoms. The van der Waals surface area contributed by atoms with Gasteiger partial charge in [0, 0.05) is 0 Å². The number of furan rings is 1. The van der Waals surface area contributed by atoms with Crippen LogP contribution in [-0.4, -0.2) is 16.0 Å². The zero-order valence-electron chi connectivity index (χ0n) is 10.9. The number of aryl methyl sites for hydroxylation is 1. The maximum atomic E-state index is 5.48. The van der Waals surface area contributed by atoms with Crippen LogP contribution in [0.2, 0.25) is 0 Å². The third kappa shape index (κ3) is 2.35. The Kier molecular flexibility index (Phi) is 3.35. The molecule has 0 radical (unpaired) electrons. The van der Waals surface area contributed by atoms with Crippen molar-refractivity contribution in [2.45, 2.75) is 6.92 Å². The van der Waals surface area contributed by atoms with Gasteiger partial charge in [-0.15, -0.1) is 0 Å². The molecule has 0 amide bonds. The first-order valence-corrected chi connectivity index (χ1v) is 6.61. The van der Waals surface area contributed by atoms with E-state index in [2.05, 4.69) is 10.1 Å². The second kappa shape index (κ2) is 5.30. The average molecular weight is 283 g/mol. The second-order valence-electron chi connectivity index (χ2n) is 4.34. The van der Waals surface area contributed by atoms with Crippen molar-refractivity contribution in [1.29, 1.82) is 0 Å². The third-order valence-electron chi connectivity index (χ3n) is 2.92. The molecule has 0 aliphatic rings. The summed E-state index contributed by atoms with van der Waals surface area (Å²) < 4.78 is 7.72. The molecule has 0 bridgehead atoms. The number of nitrogens with one attached hydrogen (secondary N) is 1. The summed E-state index contributed by atoms with van der Waals surface area (Å²) in [5.41, 5.74) is 2.65. The fourth-order valence-electron chi connectivity index (χ4n) is 1.94. The molecule has 1 aromatic carbocycles. The number of para-hydroxylation sites is 1. The Morgan fingerprint density at radius 2 is 2.00 bits per heavy atom. The number of aromatic nitrogens is 2. The highest BCUT2D eigenvalue weighted by molar-refractivity contribution is 7.71. The lowest BCUT2D eigenvalue weighted by atomic mass is 10.3. The molecule has 0 unspecified atom stereocenters. The monoisotopic (exact) mass is 283 g/mol. The SMILES string of the molecule is Cc1[nH]n(-c2ccccc2)c(=S)c1N=Cc1ccco1. The number of H-pyrrole nitrogens is 1. The molecule has 5 heteroatoms. The molecule has 0 spiro atoms. The molecule has 0 aliphatic carbocycles. The van der Waals surface area contributed by atoms with Gasteiger partial charge >= 0.3 is 0 Å². The van der Waals surface area contributed by atoms with E-state index in [4.69, 9.17) is 16.6 Å². The van der Waals surface area contributed by atoms with Crippen molar-refractivity contribution >= 4 is 24.1 Å². The zero-order valence-corrected chi connectivity index (χ0v) is 11.7. The van der Waals surface area contributed by atoms with Crippen LogP contribution in [0.15, 0.2) is 58.1 Å². The highest BCUT2D eigenvalue weighted by atomic mass is 32.1. The lowest BCUT2D eigenvalue weighted by Gasteiger charge is -2.00. The number of aliphatic imine (C=N–C) groups is 1. The van der Waals surface area contributed by atoms with Crippen LogP contribution in [0.4, 0.5) is 5.69 Å². The van der Waals surface area contributed by atoms with Gasteiger partial charge in [-0.2, -0.15) is 0 Å². The van der Waals surface area contributed by atoms with Crippen LogP contribution in [0.3, 0.4) is 0 Å². The van der Waals surface area contributed by atoms with Crippen LogP contribution in [0, 0.1) is 11.6 Å². The largest absolute Gasteiger partial charge is 0.463 e. The number of aromatic amines is 1. The molecule has 3 rings (SSSR count). The molecule has 2 aromatic heterocycles. The van der Waals surface area contributed by atoms with Crippen LogP contribution in [0.5, 0.6) is 0 Å². The summed E-state index contributed by atoms with van der Waals surface area (Å²) in [7, 11) is 0. The molecule has 3 aromatic rings. The van der Waals surface area contributed by atoms with E-state index in [1.54, 1.807) is 12.5 Å². The summed E-state index contributed by atoms with van der Waals surface area (Å²) in [6, 6.07) is 13.6. The van der Waals surface area contributed by atoms with Gasteiger partial charge in [0.25, 0.3) is 0 Å². The summed E-state index contributed by atoms with van der Waals surface area (Å²) in [5.74, 6) is 0.700. The molecule has 2 heterocycles. The van der Waals surface area contributed by atoms with Crippen LogP contribution in [0.25, 0.3) is 5.69 Å². The number of benzene rings is 1. The number of nitrogens with zero attached hydrogens (tertiary/aromatic N) is 2. The zero-order chi connectivity index (χ0) is 13.9. The normalized spacial score (nSPS) is 11.2. The Morgan fingerprint density at radius 3 is 2.70 bits per heavy atom. The fraction of sp³-hybridized carbons (Fsp3) is 0.0667. The minimum atomic E-state index is 0.650. The van der Waals surface area contributed by atoms with Crippen molar-refractivity contribution in [2.24, 2.45) is 4.99 Å². The van der Waals surface area contributed by atoms with Crippen LogP contribution < -0.4 is 0 Å². The maximum absolute atomic E-state index is 5.48. The lowest BCUT2D eigenvalue weighted by molar-refractivity contribution is 0.560. The molecular formula is C15H13N3OS. The average Bonchev–Trinajstić information content (AvgIpc) is 3.07. The topological polar surface area (TPSA) is 46.2 Å². The van der Waals surface area contributed by atoms with Gasteiger partial charge in [0.05, 0.1) is 23.9 Å². The quantitative estimate of drug-likeness (QED) is 0.579. The Bertz CT molecular complexity index is 782. The van der Waals surface area contributed by atoms with Gasteiger partial charge in [-0.05, 0) is 31.2 Å². The van der Waals surface area contributed by atoms with Crippen LogP contribution in [-0.2, 0) is 0 Å².